The molecule has 1 saturated carbocycles. The summed E-state index contributed by atoms with van der Waals surface area (Å²) in [6.45, 7) is 12.9. The Balaban J connectivity index is 2.28. The highest BCUT2D eigenvalue weighted by molar-refractivity contribution is 4.84. The van der Waals surface area contributed by atoms with Gasteiger partial charge in [-0.3, -0.25) is 0 Å². The van der Waals surface area contributed by atoms with E-state index in [4.69, 9.17) is 0 Å². The minimum atomic E-state index is 0.292. The van der Waals surface area contributed by atoms with E-state index in [1.807, 2.05) is 0 Å². The second kappa shape index (κ2) is 4.86. The van der Waals surface area contributed by atoms with Crippen molar-refractivity contribution >= 4 is 0 Å². The molecule has 0 aromatic carbocycles. The van der Waals surface area contributed by atoms with Crippen LogP contribution in [0.5, 0.6) is 0 Å². The van der Waals surface area contributed by atoms with Crippen LogP contribution in [0.1, 0.15) is 66.7 Å². The van der Waals surface area contributed by atoms with Crippen molar-refractivity contribution in [2.75, 3.05) is 6.54 Å². The van der Waals surface area contributed by atoms with Crippen molar-refractivity contribution in [2.45, 2.75) is 72.3 Å². The van der Waals surface area contributed by atoms with Crippen molar-refractivity contribution in [3.8, 4) is 0 Å². The molecule has 1 nitrogen and oxygen atoms in total. The maximum Gasteiger partial charge on any atom is 0.0130 e. The van der Waals surface area contributed by atoms with Crippen LogP contribution in [-0.4, -0.2) is 12.1 Å². The molecule has 0 heterocycles. The predicted molar refractivity (Wildman–Crippen MR) is 68.1 cm³/mol. The molecule has 1 aliphatic rings. The number of rotatable bonds is 4. The lowest BCUT2D eigenvalue weighted by molar-refractivity contribution is 0.232. The van der Waals surface area contributed by atoms with Gasteiger partial charge in [-0.2, -0.15) is 0 Å². The summed E-state index contributed by atoms with van der Waals surface area (Å²) in [7, 11) is 0. The first-order valence-corrected chi connectivity index (χ1v) is 6.54. The van der Waals surface area contributed by atoms with Crippen LogP contribution in [-0.2, 0) is 0 Å². The van der Waals surface area contributed by atoms with Crippen LogP contribution in [0.25, 0.3) is 0 Å². The van der Waals surface area contributed by atoms with E-state index in [2.05, 4.69) is 39.9 Å². The number of hydrogen-bond donors (Lipinski definition) is 1. The molecule has 1 aliphatic carbocycles. The van der Waals surface area contributed by atoms with Gasteiger partial charge >= 0.3 is 0 Å². The van der Waals surface area contributed by atoms with Crippen LogP contribution in [0.4, 0.5) is 0 Å². The van der Waals surface area contributed by atoms with E-state index in [0.29, 0.717) is 11.0 Å². The van der Waals surface area contributed by atoms with Gasteiger partial charge in [0.25, 0.3) is 0 Å². The molecule has 0 atom stereocenters. The van der Waals surface area contributed by atoms with E-state index >= 15 is 0 Å². The van der Waals surface area contributed by atoms with Gasteiger partial charge < -0.3 is 5.32 Å². The Morgan fingerprint density at radius 2 is 1.53 bits per heavy atom. The van der Waals surface area contributed by atoms with Gasteiger partial charge in [0, 0.05) is 5.54 Å². The van der Waals surface area contributed by atoms with Crippen molar-refractivity contribution in [3.05, 3.63) is 0 Å². The molecule has 15 heavy (non-hydrogen) atoms. The van der Waals surface area contributed by atoms with Gasteiger partial charge in [0.1, 0.15) is 0 Å². The van der Waals surface area contributed by atoms with Crippen molar-refractivity contribution in [1.82, 2.24) is 5.32 Å². The molecule has 0 bridgehead atoms. The zero-order valence-corrected chi connectivity index (χ0v) is 11.3. The summed E-state index contributed by atoms with van der Waals surface area (Å²) in [5.41, 5.74) is 0.715. The molecular formula is C14H29N. The standard InChI is InChI=1S/C14H29N/c1-13(2,3)11-14(4,5)15-10-12-8-6-7-9-12/h12,15H,6-11H2,1-5H3. The molecule has 0 radical (unpaired) electrons. The quantitative estimate of drug-likeness (QED) is 0.741. The van der Waals surface area contributed by atoms with E-state index in [9.17, 15) is 0 Å². The minimum absolute atomic E-state index is 0.292. The van der Waals surface area contributed by atoms with Gasteiger partial charge in [0.2, 0.25) is 0 Å². The lowest BCUT2D eigenvalue weighted by Crippen LogP contribution is -2.44. The van der Waals surface area contributed by atoms with Crippen LogP contribution in [0, 0.1) is 11.3 Å². The molecule has 0 unspecified atom stereocenters. The van der Waals surface area contributed by atoms with Crippen molar-refractivity contribution < 1.29 is 0 Å². The van der Waals surface area contributed by atoms with Crippen LogP contribution >= 0.6 is 0 Å². The first-order chi connectivity index (χ1) is 6.79. The monoisotopic (exact) mass is 211 g/mol. The largest absolute Gasteiger partial charge is 0.311 e. The van der Waals surface area contributed by atoms with E-state index in [1.54, 1.807) is 0 Å². The average Bonchev–Trinajstić information content (AvgIpc) is 2.47. The molecule has 0 aromatic rings. The first kappa shape index (κ1) is 13.0. The van der Waals surface area contributed by atoms with E-state index in [-0.39, 0.29) is 0 Å². The van der Waals surface area contributed by atoms with Crippen molar-refractivity contribution in [3.63, 3.8) is 0 Å². The highest BCUT2D eigenvalue weighted by Crippen LogP contribution is 2.28. The molecule has 0 aromatic heterocycles. The zero-order chi connectivity index (χ0) is 11.5. The number of nitrogens with one attached hydrogen (secondary N) is 1. The molecule has 0 spiro atoms. The second-order valence-electron chi connectivity index (χ2n) is 7.15. The maximum absolute atomic E-state index is 3.76. The van der Waals surface area contributed by atoms with Crippen LogP contribution in [0.15, 0.2) is 0 Å². The van der Waals surface area contributed by atoms with Gasteiger partial charge in [0.05, 0.1) is 0 Å². The molecule has 90 valence electrons. The van der Waals surface area contributed by atoms with Gasteiger partial charge in [0.15, 0.2) is 0 Å². The smallest absolute Gasteiger partial charge is 0.0130 e. The normalized spacial score (nSPS) is 19.8. The van der Waals surface area contributed by atoms with Gasteiger partial charge in [-0.15, -0.1) is 0 Å². The van der Waals surface area contributed by atoms with E-state index < -0.39 is 0 Å². The van der Waals surface area contributed by atoms with Crippen LogP contribution < -0.4 is 5.32 Å². The SMILES string of the molecule is CC(C)(C)CC(C)(C)NCC1CCCC1. The van der Waals surface area contributed by atoms with Crippen LogP contribution in [0.2, 0.25) is 0 Å². The third-order valence-corrected chi connectivity index (χ3v) is 3.32. The summed E-state index contributed by atoms with van der Waals surface area (Å²) in [5.74, 6) is 0.948. The van der Waals surface area contributed by atoms with E-state index in [1.165, 1.54) is 38.6 Å². The Morgan fingerprint density at radius 3 is 2.00 bits per heavy atom. The second-order valence-corrected chi connectivity index (χ2v) is 7.15. The summed E-state index contributed by atoms with van der Waals surface area (Å²) in [5, 5.41) is 3.76. The lowest BCUT2D eigenvalue weighted by Gasteiger charge is -2.34. The fraction of sp³-hybridized carbons (Fsp3) is 1.00. The van der Waals surface area contributed by atoms with Crippen LogP contribution in [0.3, 0.4) is 0 Å². The summed E-state index contributed by atoms with van der Waals surface area (Å²) in [6.07, 6.45) is 7.03. The molecular weight excluding hydrogens is 182 g/mol. The highest BCUT2D eigenvalue weighted by Gasteiger charge is 2.26. The maximum atomic E-state index is 3.76. The predicted octanol–water partition coefficient (Wildman–Crippen LogP) is 3.98. The van der Waals surface area contributed by atoms with Crippen molar-refractivity contribution in [1.29, 1.82) is 0 Å². The fourth-order valence-electron chi connectivity index (χ4n) is 3.02. The Labute approximate surface area is 96.0 Å². The summed E-state index contributed by atoms with van der Waals surface area (Å²) >= 11 is 0. The van der Waals surface area contributed by atoms with Gasteiger partial charge in [-0.05, 0) is 51.0 Å². The summed E-state index contributed by atoms with van der Waals surface area (Å²) in [6, 6.07) is 0. The Bertz CT molecular complexity index is 182. The van der Waals surface area contributed by atoms with Crippen molar-refractivity contribution in [2.24, 2.45) is 11.3 Å². The van der Waals surface area contributed by atoms with E-state index in [0.717, 1.165) is 5.92 Å². The van der Waals surface area contributed by atoms with Gasteiger partial charge in [-0.25, -0.2) is 0 Å². The Morgan fingerprint density at radius 1 is 1.00 bits per heavy atom. The molecule has 0 saturated heterocycles. The molecule has 1 fully saturated rings. The molecule has 1 rings (SSSR count). The lowest BCUT2D eigenvalue weighted by atomic mass is 9.81. The summed E-state index contributed by atoms with van der Waals surface area (Å²) < 4.78 is 0. The molecule has 0 aliphatic heterocycles. The Kier molecular flexibility index (Phi) is 4.22. The average molecular weight is 211 g/mol. The third kappa shape index (κ3) is 5.55. The third-order valence-electron chi connectivity index (χ3n) is 3.32. The molecule has 0 amide bonds. The van der Waals surface area contributed by atoms with Gasteiger partial charge in [-0.1, -0.05) is 33.6 Å². The minimum Gasteiger partial charge on any atom is -0.311 e. The highest BCUT2D eigenvalue weighted by atomic mass is 15.0. The Hall–Kier alpha value is -0.0400. The molecule has 1 N–H and O–H groups in total. The fourth-order valence-corrected chi connectivity index (χ4v) is 3.02. The summed E-state index contributed by atoms with van der Waals surface area (Å²) in [4.78, 5) is 0. The zero-order valence-electron chi connectivity index (χ0n) is 11.3. The number of hydrogen-bond acceptors (Lipinski definition) is 1. The topological polar surface area (TPSA) is 12.0 Å². The first-order valence-electron chi connectivity index (χ1n) is 6.54. The molecule has 1 heteroatoms.